The maximum atomic E-state index is 11.9. The van der Waals surface area contributed by atoms with Gasteiger partial charge in [-0.05, 0) is 18.6 Å². The number of hydrogen-bond acceptors (Lipinski definition) is 6. The van der Waals surface area contributed by atoms with Gasteiger partial charge in [0, 0.05) is 46.6 Å². The third-order valence-electron chi connectivity index (χ3n) is 4.63. The molecular formula is C19H30IN7O3. The number of amides is 1. The lowest BCUT2D eigenvalue weighted by atomic mass is 10.1. The molecule has 3 heterocycles. The van der Waals surface area contributed by atoms with E-state index in [1.807, 2.05) is 16.8 Å². The summed E-state index contributed by atoms with van der Waals surface area (Å²) in [7, 11) is 5.08. The smallest absolute Gasteiger partial charge is 0.243 e. The minimum atomic E-state index is -0.0523. The molecule has 166 valence electrons. The van der Waals surface area contributed by atoms with Crippen LogP contribution in [0.15, 0.2) is 27.8 Å². The SMILES string of the molecule is COCc1nc2n(n1)CC(NC(=NCC(=O)N(C)C)NCCc1ccco1)CC2.I. The number of fused-ring (bicyclic) bond motifs is 1. The van der Waals surface area contributed by atoms with Gasteiger partial charge in [0.1, 0.15) is 24.7 Å². The lowest BCUT2D eigenvalue weighted by Crippen LogP contribution is -2.48. The van der Waals surface area contributed by atoms with Crippen molar-refractivity contribution in [2.24, 2.45) is 4.99 Å². The average Bonchev–Trinajstić information content (AvgIpc) is 3.34. The first-order valence-electron chi connectivity index (χ1n) is 9.74. The first-order chi connectivity index (χ1) is 14.0. The molecular weight excluding hydrogens is 501 g/mol. The molecule has 0 aromatic carbocycles. The predicted molar refractivity (Wildman–Crippen MR) is 123 cm³/mol. The zero-order valence-corrected chi connectivity index (χ0v) is 20.0. The maximum Gasteiger partial charge on any atom is 0.243 e. The van der Waals surface area contributed by atoms with Crippen molar-refractivity contribution in [2.75, 3.05) is 34.3 Å². The van der Waals surface area contributed by atoms with Gasteiger partial charge in [0.05, 0.1) is 12.8 Å². The van der Waals surface area contributed by atoms with E-state index < -0.39 is 0 Å². The van der Waals surface area contributed by atoms with Gasteiger partial charge in [-0.25, -0.2) is 14.7 Å². The topological polar surface area (TPSA) is 110 Å². The summed E-state index contributed by atoms with van der Waals surface area (Å²) in [5, 5.41) is 11.2. The van der Waals surface area contributed by atoms with Gasteiger partial charge in [0.15, 0.2) is 11.8 Å². The van der Waals surface area contributed by atoms with Crippen LogP contribution in [0.2, 0.25) is 0 Å². The van der Waals surface area contributed by atoms with Gasteiger partial charge < -0.3 is 24.7 Å². The Morgan fingerprint density at radius 2 is 2.30 bits per heavy atom. The van der Waals surface area contributed by atoms with Gasteiger partial charge in [-0.15, -0.1) is 24.0 Å². The Labute approximate surface area is 193 Å². The molecule has 0 bridgehead atoms. The molecule has 0 fully saturated rings. The molecule has 0 aliphatic carbocycles. The van der Waals surface area contributed by atoms with Crippen LogP contribution >= 0.6 is 24.0 Å². The molecule has 0 saturated heterocycles. The average molecular weight is 531 g/mol. The summed E-state index contributed by atoms with van der Waals surface area (Å²) in [6.45, 7) is 1.83. The van der Waals surface area contributed by atoms with Crippen LogP contribution in [0, 0.1) is 0 Å². The van der Waals surface area contributed by atoms with Crippen molar-refractivity contribution in [3.05, 3.63) is 35.8 Å². The van der Waals surface area contributed by atoms with Crippen molar-refractivity contribution in [3.63, 3.8) is 0 Å². The van der Waals surface area contributed by atoms with Crippen LogP contribution in [-0.2, 0) is 35.5 Å². The quantitative estimate of drug-likeness (QED) is 0.295. The Morgan fingerprint density at radius 1 is 1.47 bits per heavy atom. The maximum absolute atomic E-state index is 11.9. The van der Waals surface area contributed by atoms with Crippen molar-refractivity contribution in [2.45, 2.75) is 38.5 Å². The number of aryl methyl sites for hydroxylation is 1. The van der Waals surface area contributed by atoms with Gasteiger partial charge in [0.2, 0.25) is 5.91 Å². The number of nitrogens with one attached hydrogen (secondary N) is 2. The molecule has 1 aliphatic rings. The summed E-state index contributed by atoms with van der Waals surface area (Å²) >= 11 is 0. The number of rotatable bonds is 8. The summed E-state index contributed by atoms with van der Waals surface area (Å²) in [6, 6.07) is 3.95. The molecule has 1 unspecified atom stereocenters. The number of hydrogen-bond donors (Lipinski definition) is 2. The largest absolute Gasteiger partial charge is 0.469 e. The van der Waals surface area contributed by atoms with E-state index in [0.717, 1.165) is 30.8 Å². The second-order valence-corrected chi connectivity index (χ2v) is 7.15. The minimum absolute atomic E-state index is 0. The van der Waals surface area contributed by atoms with Crippen molar-refractivity contribution in [1.82, 2.24) is 30.3 Å². The zero-order valence-electron chi connectivity index (χ0n) is 17.6. The molecule has 0 radical (unpaired) electrons. The van der Waals surface area contributed by atoms with Crippen molar-refractivity contribution in [1.29, 1.82) is 0 Å². The van der Waals surface area contributed by atoms with Gasteiger partial charge in [-0.3, -0.25) is 4.79 Å². The van der Waals surface area contributed by atoms with Crippen molar-refractivity contribution >= 4 is 35.8 Å². The van der Waals surface area contributed by atoms with Gasteiger partial charge in [-0.2, -0.15) is 5.10 Å². The molecule has 2 aromatic heterocycles. The summed E-state index contributed by atoms with van der Waals surface area (Å²) < 4.78 is 12.4. The molecule has 0 spiro atoms. The number of carbonyl (C=O) groups is 1. The van der Waals surface area contributed by atoms with E-state index in [2.05, 4.69) is 25.7 Å². The van der Waals surface area contributed by atoms with E-state index in [-0.39, 0.29) is 42.5 Å². The van der Waals surface area contributed by atoms with E-state index in [1.54, 1.807) is 27.5 Å². The second-order valence-electron chi connectivity index (χ2n) is 7.15. The standard InChI is InChI=1S/C19H29N7O3.HI/c1-25(2)18(27)11-21-19(20-9-8-15-5-4-10-29-15)22-14-6-7-17-23-16(13-28-3)24-26(17)12-14;/h4-5,10,14H,6-9,11-13H2,1-3H3,(H2,20,21,22);1H. The van der Waals surface area contributed by atoms with Crippen LogP contribution in [0.3, 0.4) is 0 Å². The number of aromatic nitrogens is 3. The van der Waals surface area contributed by atoms with E-state index >= 15 is 0 Å². The van der Waals surface area contributed by atoms with Gasteiger partial charge in [-0.1, -0.05) is 0 Å². The predicted octanol–water partition coefficient (Wildman–Crippen LogP) is 0.816. The van der Waals surface area contributed by atoms with Crippen LogP contribution < -0.4 is 10.6 Å². The number of nitrogens with zero attached hydrogens (tertiary/aromatic N) is 5. The summed E-state index contributed by atoms with van der Waals surface area (Å²) in [5.74, 6) is 3.13. The highest BCUT2D eigenvalue weighted by molar-refractivity contribution is 14.0. The molecule has 0 saturated carbocycles. The normalized spacial score (nSPS) is 15.8. The molecule has 1 atom stereocenters. The fourth-order valence-corrected chi connectivity index (χ4v) is 3.06. The molecule has 1 amide bonds. The van der Waals surface area contributed by atoms with Crippen molar-refractivity contribution in [3.8, 4) is 0 Å². The minimum Gasteiger partial charge on any atom is -0.469 e. The second kappa shape index (κ2) is 11.9. The monoisotopic (exact) mass is 531 g/mol. The molecule has 3 rings (SSSR count). The number of likely N-dealkylation sites (N-methyl/N-ethyl adjacent to an activating group) is 1. The molecule has 30 heavy (non-hydrogen) atoms. The Bertz CT molecular complexity index is 820. The number of methoxy groups -OCH3 is 1. The van der Waals surface area contributed by atoms with Crippen LogP contribution in [0.1, 0.15) is 23.8 Å². The number of carbonyl (C=O) groups excluding carboxylic acids is 1. The van der Waals surface area contributed by atoms with E-state index in [4.69, 9.17) is 9.15 Å². The number of ether oxygens (including phenoxy) is 1. The molecule has 2 aromatic rings. The highest BCUT2D eigenvalue weighted by atomic mass is 127. The highest BCUT2D eigenvalue weighted by Gasteiger charge is 2.22. The Kier molecular flexibility index (Phi) is 9.56. The van der Waals surface area contributed by atoms with E-state index in [9.17, 15) is 4.79 Å². The molecule has 10 nitrogen and oxygen atoms in total. The number of guanidine groups is 1. The molecule has 11 heteroatoms. The summed E-state index contributed by atoms with van der Waals surface area (Å²) in [4.78, 5) is 22.4. The molecule has 2 N–H and O–H groups in total. The lowest BCUT2D eigenvalue weighted by molar-refractivity contribution is -0.127. The van der Waals surface area contributed by atoms with Crippen LogP contribution in [0.4, 0.5) is 0 Å². The number of furan rings is 1. The Balaban J connectivity index is 0.00000320. The fourth-order valence-electron chi connectivity index (χ4n) is 3.06. The fraction of sp³-hybridized carbons (Fsp3) is 0.579. The first-order valence-corrected chi connectivity index (χ1v) is 9.74. The summed E-state index contributed by atoms with van der Waals surface area (Å²) in [5.41, 5.74) is 0. The van der Waals surface area contributed by atoms with Gasteiger partial charge in [0.25, 0.3) is 0 Å². The number of aliphatic imine (C=N–C) groups is 1. The van der Waals surface area contributed by atoms with Crippen LogP contribution in [0.25, 0.3) is 0 Å². The van der Waals surface area contributed by atoms with E-state index in [0.29, 0.717) is 31.5 Å². The number of halogens is 1. The molecule has 1 aliphatic heterocycles. The van der Waals surface area contributed by atoms with E-state index in [1.165, 1.54) is 4.90 Å². The lowest BCUT2D eigenvalue weighted by Gasteiger charge is -2.25. The first kappa shape index (κ1) is 24.1. The highest BCUT2D eigenvalue weighted by Crippen LogP contribution is 2.13. The Morgan fingerprint density at radius 3 is 3.00 bits per heavy atom. The third-order valence-corrected chi connectivity index (χ3v) is 4.63. The van der Waals surface area contributed by atoms with Crippen LogP contribution in [-0.4, -0.2) is 71.9 Å². The van der Waals surface area contributed by atoms with Crippen molar-refractivity contribution < 1.29 is 13.9 Å². The van der Waals surface area contributed by atoms with Gasteiger partial charge >= 0.3 is 0 Å². The summed E-state index contributed by atoms with van der Waals surface area (Å²) in [6.07, 6.45) is 4.12. The Hall–Kier alpha value is -2.15. The zero-order chi connectivity index (χ0) is 20.6. The third kappa shape index (κ3) is 6.97. The van der Waals surface area contributed by atoms with Crippen LogP contribution in [0.5, 0.6) is 0 Å².